The van der Waals surface area contributed by atoms with Crippen LogP contribution in [0, 0.1) is 11.3 Å². The first kappa shape index (κ1) is 18.3. The van der Waals surface area contributed by atoms with Crippen molar-refractivity contribution in [2.24, 2.45) is 5.16 Å². The van der Waals surface area contributed by atoms with Crippen molar-refractivity contribution in [2.75, 3.05) is 25.9 Å². The van der Waals surface area contributed by atoms with Crippen LogP contribution in [0.3, 0.4) is 0 Å². The van der Waals surface area contributed by atoms with E-state index < -0.39 is 29.5 Å². The number of nitriles is 1. The van der Waals surface area contributed by atoms with Gasteiger partial charge in [0.25, 0.3) is 11.8 Å². The first-order valence-corrected chi connectivity index (χ1v) is 8.34. The van der Waals surface area contributed by atoms with Crippen molar-refractivity contribution in [3.8, 4) is 6.07 Å². The number of aliphatic carboxylic acids is 1. The monoisotopic (exact) mass is 391 g/mol. The van der Waals surface area contributed by atoms with E-state index in [4.69, 9.17) is 11.0 Å². The van der Waals surface area contributed by atoms with E-state index in [9.17, 15) is 19.5 Å². The summed E-state index contributed by atoms with van der Waals surface area (Å²) in [5.41, 5.74) is 5.13. The molecule has 0 saturated carbocycles. The predicted molar refractivity (Wildman–Crippen MR) is 90.7 cm³/mol. The van der Waals surface area contributed by atoms with E-state index in [2.05, 4.69) is 20.3 Å². The van der Waals surface area contributed by atoms with Gasteiger partial charge in [0.15, 0.2) is 16.5 Å². The molecule has 2 amide bonds. The summed E-state index contributed by atoms with van der Waals surface area (Å²) in [6.07, 6.45) is 0. The van der Waals surface area contributed by atoms with Crippen molar-refractivity contribution in [1.82, 2.24) is 20.3 Å². The lowest BCUT2D eigenvalue weighted by Gasteiger charge is -2.18. The Bertz CT molecular complexity index is 931. The Balaban J connectivity index is 1.80. The molecule has 1 fully saturated rings. The van der Waals surface area contributed by atoms with Crippen molar-refractivity contribution in [3.05, 3.63) is 22.3 Å². The number of nitrogens with zero attached hydrogens (tertiary/aromatic N) is 5. The standard InChI is InChI=1S/C14H13N7O5S/c1-26-19-9(8-5-27-14(16)18-8)11(22)17-7-4-20-3-6(2-15)10(13(24)25)21(20)12(7)23/h5,7H,3-4H2,1H3,(H2,16,18)(H,17,22)(H,24,25)/b19-9+/t7-/m0/s1. The third-order valence-electron chi connectivity index (χ3n) is 3.83. The van der Waals surface area contributed by atoms with Gasteiger partial charge in [0, 0.05) is 11.9 Å². The molecular formula is C14H13N7O5S. The topological polar surface area (TPSA) is 174 Å². The molecule has 27 heavy (non-hydrogen) atoms. The van der Waals surface area contributed by atoms with Gasteiger partial charge in [-0.25, -0.2) is 19.8 Å². The number of carboxylic acids is 1. The van der Waals surface area contributed by atoms with Crippen molar-refractivity contribution in [3.63, 3.8) is 0 Å². The number of rotatable bonds is 5. The van der Waals surface area contributed by atoms with Crippen molar-refractivity contribution in [1.29, 1.82) is 5.26 Å². The van der Waals surface area contributed by atoms with E-state index >= 15 is 0 Å². The van der Waals surface area contributed by atoms with Crippen LogP contribution in [0.25, 0.3) is 0 Å². The number of amides is 2. The summed E-state index contributed by atoms with van der Waals surface area (Å²) in [4.78, 5) is 45.1. The average molecular weight is 391 g/mol. The zero-order valence-electron chi connectivity index (χ0n) is 13.9. The smallest absolute Gasteiger partial charge is 0.355 e. The Morgan fingerprint density at radius 3 is 2.89 bits per heavy atom. The van der Waals surface area contributed by atoms with E-state index in [1.165, 1.54) is 17.5 Å². The number of hydrogen-bond donors (Lipinski definition) is 3. The van der Waals surface area contributed by atoms with Gasteiger partial charge in [0.2, 0.25) is 0 Å². The molecule has 3 heterocycles. The van der Waals surface area contributed by atoms with Gasteiger partial charge >= 0.3 is 5.97 Å². The molecule has 2 aliphatic heterocycles. The Kier molecular flexibility index (Phi) is 4.75. The lowest BCUT2D eigenvalue weighted by atomic mass is 10.2. The fourth-order valence-corrected chi connectivity index (χ4v) is 3.31. The molecule has 2 aliphatic rings. The van der Waals surface area contributed by atoms with Crippen molar-refractivity contribution < 1.29 is 24.3 Å². The largest absolute Gasteiger partial charge is 0.476 e. The summed E-state index contributed by atoms with van der Waals surface area (Å²) >= 11 is 1.10. The highest BCUT2D eigenvalue weighted by molar-refractivity contribution is 7.13. The minimum Gasteiger partial charge on any atom is -0.476 e. The number of nitrogens with two attached hydrogens (primary N) is 1. The molecule has 4 N–H and O–H groups in total. The summed E-state index contributed by atoms with van der Waals surface area (Å²) in [6.45, 7) is -0.0239. The second-order valence-corrected chi connectivity index (χ2v) is 6.35. The van der Waals surface area contributed by atoms with Crippen LogP contribution in [-0.2, 0) is 19.2 Å². The number of aromatic nitrogens is 1. The Labute approximate surface area is 156 Å². The summed E-state index contributed by atoms with van der Waals surface area (Å²) in [5.74, 6) is -2.79. The number of fused-ring (bicyclic) bond motifs is 1. The SMILES string of the molecule is CO/N=C(/C(=O)N[C@H]1CN2CC(C#N)=C(C(=O)O)N2C1=O)c1csc(N)n1. The van der Waals surface area contributed by atoms with E-state index in [1.54, 1.807) is 6.07 Å². The van der Waals surface area contributed by atoms with Crippen LogP contribution in [0.1, 0.15) is 5.69 Å². The second-order valence-electron chi connectivity index (χ2n) is 5.46. The maximum Gasteiger partial charge on any atom is 0.355 e. The fraction of sp³-hybridized carbons (Fsp3) is 0.286. The maximum atomic E-state index is 12.6. The average Bonchev–Trinajstić information content (AvgIpc) is 3.28. The molecule has 140 valence electrons. The number of hydrogen-bond acceptors (Lipinski definition) is 10. The summed E-state index contributed by atoms with van der Waals surface area (Å²) in [5, 5.41) is 28.5. The Morgan fingerprint density at radius 2 is 2.33 bits per heavy atom. The molecular weight excluding hydrogens is 378 g/mol. The van der Waals surface area contributed by atoms with Gasteiger partial charge < -0.3 is 21.0 Å². The first-order valence-electron chi connectivity index (χ1n) is 7.46. The number of hydrazine groups is 1. The Hall–Kier alpha value is -3.50. The number of anilines is 1. The van der Waals surface area contributed by atoms with Gasteiger partial charge in [-0.1, -0.05) is 5.16 Å². The van der Waals surface area contributed by atoms with Gasteiger partial charge in [-0.2, -0.15) is 5.26 Å². The minimum atomic E-state index is -1.39. The maximum absolute atomic E-state index is 12.6. The van der Waals surface area contributed by atoms with Crippen LogP contribution in [0.4, 0.5) is 5.13 Å². The van der Waals surface area contributed by atoms with Gasteiger partial charge in [-0.3, -0.25) is 9.59 Å². The van der Waals surface area contributed by atoms with Gasteiger partial charge in [0.1, 0.15) is 18.8 Å². The van der Waals surface area contributed by atoms with E-state index in [-0.39, 0.29) is 35.2 Å². The summed E-state index contributed by atoms with van der Waals surface area (Å²) in [6, 6.07) is 0.757. The molecule has 13 heteroatoms. The number of carboxylic acid groups (broad SMARTS) is 1. The molecule has 0 radical (unpaired) electrons. The third-order valence-corrected chi connectivity index (χ3v) is 4.50. The lowest BCUT2D eigenvalue weighted by molar-refractivity contribution is -0.143. The molecule has 0 aromatic carbocycles. The van der Waals surface area contributed by atoms with E-state index in [0.29, 0.717) is 0 Å². The molecule has 1 saturated heterocycles. The molecule has 0 aliphatic carbocycles. The van der Waals surface area contributed by atoms with Crippen LogP contribution in [0.2, 0.25) is 0 Å². The van der Waals surface area contributed by atoms with Crippen LogP contribution < -0.4 is 11.1 Å². The number of thiazole rings is 1. The van der Waals surface area contributed by atoms with Gasteiger partial charge in [0.05, 0.1) is 18.2 Å². The number of carbonyl (C=O) groups excluding carboxylic acids is 2. The minimum absolute atomic E-state index is 0.00595. The molecule has 1 atom stereocenters. The number of oxime groups is 1. The highest BCUT2D eigenvalue weighted by atomic mass is 32.1. The highest BCUT2D eigenvalue weighted by Gasteiger charge is 2.48. The molecule has 12 nitrogen and oxygen atoms in total. The van der Waals surface area contributed by atoms with Gasteiger partial charge in [-0.15, -0.1) is 11.3 Å². The summed E-state index contributed by atoms with van der Waals surface area (Å²) in [7, 11) is 1.25. The zero-order valence-corrected chi connectivity index (χ0v) is 14.7. The molecule has 0 bridgehead atoms. The van der Waals surface area contributed by atoms with E-state index in [1.807, 2.05) is 0 Å². The molecule has 0 unspecified atom stereocenters. The van der Waals surface area contributed by atoms with E-state index in [0.717, 1.165) is 16.3 Å². The summed E-state index contributed by atoms with van der Waals surface area (Å²) < 4.78 is 0. The molecule has 1 aromatic rings. The lowest BCUT2D eigenvalue weighted by Crippen LogP contribution is -2.46. The highest BCUT2D eigenvalue weighted by Crippen LogP contribution is 2.29. The number of nitrogen functional groups attached to an aromatic ring is 1. The molecule has 1 aromatic heterocycles. The van der Waals surface area contributed by atoms with Crippen molar-refractivity contribution in [2.45, 2.75) is 6.04 Å². The van der Waals surface area contributed by atoms with Crippen LogP contribution >= 0.6 is 11.3 Å². The number of carbonyl (C=O) groups is 3. The van der Waals surface area contributed by atoms with Crippen LogP contribution in [0.15, 0.2) is 21.8 Å². The van der Waals surface area contributed by atoms with Crippen molar-refractivity contribution >= 4 is 40.0 Å². The second kappa shape index (κ2) is 7.02. The normalized spacial score (nSPS) is 19.9. The Morgan fingerprint density at radius 1 is 1.59 bits per heavy atom. The molecule has 0 spiro atoms. The quantitative estimate of drug-likeness (QED) is 0.398. The fourth-order valence-electron chi connectivity index (χ4n) is 2.76. The van der Waals surface area contributed by atoms with Gasteiger partial charge in [-0.05, 0) is 0 Å². The third kappa shape index (κ3) is 3.18. The number of nitrogens with one attached hydrogen (secondary N) is 1. The first-order chi connectivity index (χ1) is 12.9. The molecule has 3 rings (SSSR count). The van der Waals surface area contributed by atoms with Crippen LogP contribution in [0.5, 0.6) is 0 Å². The zero-order chi connectivity index (χ0) is 19.7. The van der Waals surface area contributed by atoms with Crippen LogP contribution in [-0.4, -0.2) is 69.8 Å². The predicted octanol–water partition coefficient (Wildman–Crippen LogP) is -1.50.